The molecule has 10 nitrogen and oxygen atoms in total. The van der Waals surface area contributed by atoms with Gasteiger partial charge in [-0.2, -0.15) is 0 Å². The lowest BCUT2D eigenvalue weighted by atomic mass is 9.84. The number of unbranched alkanes of at least 4 members (excludes halogenated alkanes) is 3. The Morgan fingerprint density at radius 3 is 2.24 bits per heavy atom. The molecule has 1 aliphatic carbocycles. The summed E-state index contributed by atoms with van der Waals surface area (Å²) in [5.74, 6) is 1.53. The number of hydrogen-bond acceptors (Lipinski definition) is 6. The van der Waals surface area contributed by atoms with Crippen LogP contribution in [0.5, 0.6) is 0 Å². The molecular formula is C35H56N6O4S. The summed E-state index contributed by atoms with van der Waals surface area (Å²) >= 11 is 0. The predicted molar refractivity (Wildman–Crippen MR) is 188 cm³/mol. The van der Waals surface area contributed by atoms with E-state index in [2.05, 4.69) is 51.7 Å². The summed E-state index contributed by atoms with van der Waals surface area (Å²) in [6.07, 6.45) is 15.3. The van der Waals surface area contributed by atoms with E-state index < -0.39 is 22.1 Å². The van der Waals surface area contributed by atoms with E-state index >= 15 is 0 Å². The highest BCUT2D eigenvalue weighted by Gasteiger charge is 2.27. The molecule has 1 aliphatic rings. The number of amides is 3. The zero-order valence-electron chi connectivity index (χ0n) is 28.2. The highest BCUT2D eigenvalue weighted by molar-refractivity contribution is 7.92. The minimum absolute atomic E-state index is 0.0343. The summed E-state index contributed by atoms with van der Waals surface area (Å²) in [6, 6.07) is 8.52. The Bertz CT molecular complexity index is 1300. The molecule has 256 valence electrons. The number of sulfonamides is 1. The summed E-state index contributed by atoms with van der Waals surface area (Å²) in [6.45, 7) is 9.38. The third-order valence-electron chi connectivity index (χ3n) is 8.50. The van der Waals surface area contributed by atoms with Gasteiger partial charge in [0.2, 0.25) is 5.91 Å². The second-order valence-electron chi connectivity index (χ2n) is 13.2. The van der Waals surface area contributed by atoms with Crippen molar-refractivity contribution in [1.29, 1.82) is 0 Å². The second-order valence-corrected chi connectivity index (χ2v) is 14.9. The van der Waals surface area contributed by atoms with Crippen molar-refractivity contribution < 1.29 is 18.0 Å². The molecule has 2 aromatic rings. The van der Waals surface area contributed by atoms with E-state index in [0.29, 0.717) is 35.4 Å². The van der Waals surface area contributed by atoms with Crippen LogP contribution in [0.15, 0.2) is 47.5 Å². The lowest BCUT2D eigenvalue weighted by molar-refractivity contribution is -0.124. The van der Waals surface area contributed by atoms with Crippen LogP contribution in [-0.2, 0) is 14.8 Å². The SMILES string of the molecule is CCCCCCNc1ccc(S(=O)(=O)Nc2ccc(NC(=O)N[C@H](CC3CCCCC3)C(=O)NC(C)CCCC(C)C)cc2)cn1. The predicted octanol–water partition coefficient (Wildman–Crippen LogP) is 7.67. The van der Waals surface area contributed by atoms with Crippen LogP contribution in [-0.4, -0.2) is 44.0 Å². The Morgan fingerprint density at radius 2 is 1.59 bits per heavy atom. The number of hydrogen-bond donors (Lipinski definition) is 5. The summed E-state index contributed by atoms with van der Waals surface area (Å²) in [7, 11) is -3.84. The van der Waals surface area contributed by atoms with E-state index in [0.717, 1.165) is 64.3 Å². The number of urea groups is 1. The molecule has 0 aliphatic heterocycles. The molecule has 11 heteroatoms. The van der Waals surface area contributed by atoms with Gasteiger partial charge < -0.3 is 21.3 Å². The first-order valence-electron chi connectivity index (χ1n) is 17.3. The minimum Gasteiger partial charge on any atom is -0.370 e. The van der Waals surface area contributed by atoms with Crippen molar-refractivity contribution in [1.82, 2.24) is 15.6 Å². The van der Waals surface area contributed by atoms with Crippen molar-refractivity contribution in [3.63, 3.8) is 0 Å². The number of anilines is 3. The fraction of sp³-hybridized carbons (Fsp3) is 0.629. The summed E-state index contributed by atoms with van der Waals surface area (Å²) < 4.78 is 28.4. The summed E-state index contributed by atoms with van der Waals surface area (Å²) in [5.41, 5.74) is 0.834. The van der Waals surface area contributed by atoms with Crippen molar-refractivity contribution in [2.75, 3.05) is 21.9 Å². The second kappa shape index (κ2) is 19.4. The molecular weight excluding hydrogens is 600 g/mol. The molecule has 3 amide bonds. The number of carbonyl (C=O) groups excluding carboxylic acids is 2. The van der Waals surface area contributed by atoms with Crippen LogP contribution in [0.1, 0.15) is 111 Å². The average molecular weight is 657 g/mol. The monoisotopic (exact) mass is 656 g/mol. The highest BCUT2D eigenvalue weighted by Crippen LogP contribution is 2.27. The molecule has 0 bridgehead atoms. The summed E-state index contributed by atoms with van der Waals surface area (Å²) in [5, 5.41) is 12.0. The third-order valence-corrected chi connectivity index (χ3v) is 9.87. The molecule has 1 fully saturated rings. The van der Waals surface area contributed by atoms with E-state index in [1.165, 1.54) is 31.5 Å². The van der Waals surface area contributed by atoms with Gasteiger partial charge in [-0.05, 0) is 74.4 Å². The number of aromatic nitrogens is 1. The lowest BCUT2D eigenvalue weighted by Crippen LogP contribution is -2.51. The minimum atomic E-state index is -3.84. The largest absolute Gasteiger partial charge is 0.370 e. The van der Waals surface area contributed by atoms with E-state index in [-0.39, 0.29) is 16.8 Å². The van der Waals surface area contributed by atoms with Gasteiger partial charge in [0.25, 0.3) is 10.0 Å². The van der Waals surface area contributed by atoms with Gasteiger partial charge in [-0.3, -0.25) is 9.52 Å². The Kier molecular flexibility index (Phi) is 15.6. The number of carbonyl (C=O) groups is 2. The number of nitrogens with zero attached hydrogens (tertiary/aromatic N) is 1. The molecule has 2 atom stereocenters. The maximum absolute atomic E-state index is 13.3. The first-order chi connectivity index (χ1) is 22.1. The molecule has 1 saturated carbocycles. The first-order valence-corrected chi connectivity index (χ1v) is 18.7. The van der Waals surface area contributed by atoms with Crippen molar-refractivity contribution in [2.45, 2.75) is 128 Å². The zero-order valence-corrected chi connectivity index (χ0v) is 29.1. The smallest absolute Gasteiger partial charge is 0.319 e. The first kappa shape index (κ1) is 37.1. The van der Waals surface area contributed by atoms with Crippen LogP contribution >= 0.6 is 0 Å². The Labute approximate surface area is 276 Å². The van der Waals surface area contributed by atoms with Gasteiger partial charge in [0.05, 0.1) is 0 Å². The van der Waals surface area contributed by atoms with Crippen LogP contribution in [0.25, 0.3) is 0 Å². The van der Waals surface area contributed by atoms with Gasteiger partial charge in [-0.1, -0.05) is 85.0 Å². The van der Waals surface area contributed by atoms with E-state index in [1.54, 1.807) is 30.3 Å². The highest BCUT2D eigenvalue weighted by atomic mass is 32.2. The molecule has 0 spiro atoms. The maximum atomic E-state index is 13.3. The van der Waals surface area contributed by atoms with Crippen molar-refractivity contribution in [3.8, 4) is 0 Å². The van der Waals surface area contributed by atoms with Crippen molar-refractivity contribution in [3.05, 3.63) is 42.6 Å². The molecule has 46 heavy (non-hydrogen) atoms. The van der Waals surface area contributed by atoms with Gasteiger partial charge in [0.1, 0.15) is 16.8 Å². The normalized spacial score (nSPS) is 15.2. The van der Waals surface area contributed by atoms with Crippen LogP contribution in [0.2, 0.25) is 0 Å². The molecule has 1 aromatic heterocycles. The van der Waals surface area contributed by atoms with Crippen LogP contribution in [0, 0.1) is 11.8 Å². The number of benzene rings is 1. The van der Waals surface area contributed by atoms with Crippen molar-refractivity contribution >= 4 is 39.2 Å². The van der Waals surface area contributed by atoms with E-state index in [1.807, 2.05) is 6.92 Å². The zero-order chi connectivity index (χ0) is 33.4. The van der Waals surface area contributed by atoms with Crippen LogP contribution in [0.3, 0.4) is 0 Å². The molecule has 0 saturated heterocycles. The van der Waals surface area contributed by atoms with Gasteiger partial charge >= 0.3 is 6.03 Å². The Balaban J connectivity index is 1.54. The molecule has 1 heterocycles. The van der Waals surface area contributed by atoms with E-state index in [9.17, 15) is 18.0 Å². The topological polar surface area (TPSA) is 141 Å². The molecule has 3 rings (SSSR count). The summed E-state index contributed by atoms with van der Waals surface area (Å²) in [4.78, 5) is 30.6. The molecule has 1 unspecified atom stereocenters. The van der Waals surface area contributed by atoms with Gasteiger partial charge in [-0.15, -0.1) is 0 Å². The molecule has 0 radical (unpaired) electrons. The lowest BCUT2D eigenvalue weighted by Gasteiger charge is -2.27. The Morgan fingerprint density at radius 1 is 0.870 bits per heavy atom. The molecule has 1 aromatic carbocycles. The van der Waals surface area contributed by atoms with Crippen LogP contribution in [0.4, 0.5) is 22.0 Å². The van der Waals surface area contributed by atoms with Gasteiger partial charge in [0.15, 0.2) is 0 Å². The number of rotatable bonds is 19. The fourth-order valence-electron chi connectivity index (χ4n) is 5.81. The van der Waals surface area contributed by atoms with Gasteiger partial charge in [0, 0.05) is 30.2 Å². The quantitative estimate of drug-likeness (QED) is 0.0983. The standard InChI is InChI=1S/C35H56N6O4S/c1-5-6-7-11-23-36-33-22-21-31(25-37-33)46(44,45)41-30-19-17-29(18-20-30)39-35(43)40-32(24-28-15-9-8-10-16-28)34(42)38-27(4)14-12-13-26(2)3/h17-22,25-28,32,41H,5-16,23-24H2,1-4H3,(H,36,37)(H,38,42)(H2,39,40,43)/t27?,32-/m1/s1. The maximum Gasteiger partial charge on any atom is 0.319 e. The van der Waals surface area contributed by atoms with Gasteiger partial charge in [-0.25, -0.2) is 18.2 Å². The van der Waals surface area contributed by atoms with Crippen LogP contribution < -0.4 is 26.0 Å². The van der Waals surface area contributed by atoms with E-state index in [4.69, 9.17) is 0 Å². The van der Waals surface area contributed by atoms with Crippen molar-refractivity contribution in [2.24, 2.45) is 11.8 Å². The fourth-order valence-corrected chi connectivity index (χ4v) is 6.81. The average Bonchev–Trinajstić information content (AvgIpc) is 3.02. The third kappa shape index (κ3) is 13.6. The number of pyridine rings is 1. The number of nitrogens with one attached hydrogen (secondary N) is 5. The molecule has 5 N–H and O–H groups in total. The Hall–Kier alpha value is -3.34.